The first kappa shape index (κ1) is 18.2. The van der Waals surface area contributed by atoms with E-state index in [1.807, 2.05) is 12.3 Å². The van der Waals surface area contributed by atoms with Gasteiger partial charge in [0.25, 0.3) is 0 Å². The van der Waals surface area contributed by atoms with Gasteiger partial charge in [-0.1, -0.05) is 43.0 Å². The lowest BCUT2D eigenvalue weighted by atomic mass is 10.1. The second-order valence-electron chi connectivity index (χ2n) is 6.56. The topological polar surface area (TPSA) is 72.7 Å². The SMILES string of the molecule is CCc1ccc(-c2csc(NC(=O)CSc3nnc(C)n3C3CC3)n2)cc1. The molecule has 1 N–H and O–H groups in total. The van der Waals surface area contributed by atoms with Crippen LogP contribution in [0.1, 0.15) is 37.2 Å². The van der Waals surface area contributed by atoms with E-state index in [1.54, 1.807) is 0 Å². The molecule has 140 valence electrons. The van der Waals surface area contributed by atoms with Gasteiger partial charge in [-0.2, -0.15) is 0 Å². The standard InChI is InChI=1S/C19H21N5OS2/c1-3-13-4-6-14(7-5-13)16-10-26-18(20-16)21-17(25)11-27-19-23-22-12(2)24(19)15-8-9-15/h4-7,10,15H,3,8-9,11H2,1-2H3,(H,20,21,25). The molecule has 1 aliphatic carbocycles. The van der Waals surface area contributed by atoms with Crippen LogP contribution in [0.2, 0.25) is 0 Å². The number of anilines is 1. The van der Waals surface area contributed by atoms with Crippen molar-refractivity contribution in [1.82, 2.24) is 19.7 Å². The first-order valence-electron chi connectivity index (χ1n) is 9.03. The van der Waals surface area contributed by atoms with Crippen molar-refractivity contribution in [2.24, 2.45) is 0 Å². The maximum atomic E-state index is 12.3. The first-order valence-corrected chi connectivity index (χ1v) is 10.9. The number of aromatic nitrogens is 4. The molecule has 8 heteroatoms. The highest BCUT2D eigenvalue weighted by Crippen LogP contribution is 2.38. The molecule has 1 fully saturated rings. The molecule has 0 bridgehead atoms. The summed E-state index contributed by atoms with van der Waals surface area (Å²) < 4.78 is 2.14. The summed E-state index contributed by atoms with van der Waals surface area (Å²) in [4.78, 5) is 16.8. The highest BCUT2D eigenvalue weighted by Gasteiger charge is 2.28. The Balaban J connectivity index is 1.35. The van der Waals surface area contributed by atoms with Gasteiger partial charge in [-0.3, -0.25) is 4.79 Å². The van der Waals surface area contributed by atoms with Gasteiger partial charge in [0, 0.05) is 17.0 Å². The molecular weight excluding hydrogens is 378 g/mol. The third-order valence-corrected chi connectivity index (χ3v) is 6.19. The number of carbonyl (C=O) groups is 1. The van der Waals surface area contributed by atoms with Crippen LogP contribution in [0.25, 0.3) is 11.3 Å². The minimum Gasteiger partial charge on any atom is -0.303 e. The van der Waals surface area contributed by atoms with Gasteiger partial charge in [0.05, 0.1) is 11.4 Å². The number of hydrogen-bond donors (Lipinski definition) is 1. The van der Waals surface area contributed by atoms with E-state index in [0.29, 0.717) is 16.9 Å². The van der Waals surface area contributed by atoms with Crippen molar-refractivity contribution in [3.8, 4) is 11.3 Å². The Labute approximate surface area is 166 Å². The first-order chi connectivity index (χ1) is 13.1. The number of thiazole rings is 1. The molecule has 1 saturated carbocycles. The number of hydrogen-bond acceptors (Lipinski definition) is 6. The molecule has 27 heavy (non-hydrogen) atoms. The number of aryl methyl sites for hydroxylation is 2. The molecule has 0 radical (unpaired) electrons. The summed E-state index contributed by atoms with van der Waals surface area (Å²) in [6.45, 7) is 4.09. The van der Waals surface area contributed by atoms with Gasteiger partial charge in [0.1, 0.15) is 5.82 Å². The Hall–Kier alpha value is -2.19. The zero-order valence-corrected chi connectivity index (χ0v) is 16.9. The molecule has 2 aromatic heterocycles. The second kappa shape index (κ2) is 7.82. The van der Waals surface area contributed by atoms with Gasteiger partial charge in [-0.05, 0) is 31.7 Å². The Bertz CT molecular complexity index is 943. The smallest absolute Gasteiger partial charge is 0.236 e. The molecule has 3 aromatic rings. The maximum absolute atomic E-state index is 12.3. The molecular formula is C19H21N5OS2. The number of amides is 1. The van der Waals surface area contributed by atoms with Crippen molar-refractivity contribution in [3.05, 3.63) is 41.0 Å². The predicted octanol–water partition coefficient (Wildman–Crippen LogP) is 4.34. The van der Waals surface area contributed by atoms with Crippen LogP contribution in [0, 0.1) is 6.92 Å². The molecule has 6 nitrogen and oxygen atoms in total. The summed E-state index contributed by atoms with van der Waals surface area (Å²) in [5.74, 6) is 1.13. The fourth-order valence-electron chi connectivity index (χ4n) is 2.86. The molecule has 1 aliphatic rings. The molecule has 2 heterocycles. The van der Waals surface area contributed by atoms with Crippen LogP contribution in [0.15, 0.2) is 34.8 Å². The zero-order valence-electron chi connectivity index (χ0n) is 15.3. The molecule has 0 unspecified atom stereocenters. The fraction of sp³-hybridized carbons (Fsp3) is 0.368. The zero-order chi connectivity index (χ0) is 18.8. The average molecular weight is 400 g/mol. The summed E-state index contributed by atoms with van der Waals surface area (Å²) in [5, 5.41) is 14.6. The van der Waals surface area contributed by atoms with E-state index in [4.69, 9.17) is 0 Å². The summed E-state index contributed by atoms with van der Waals surface area (Å²) >= 11 is 2.87. The average Bonchev–Trinajstić information content (AvgIpc) is 3.29. The molecule has 0 saturated heterocycles. The van der Waals surface area contributed by atoms with E-state index in [2.05, 4.69) is 56.3 Å². The van der Waals surface area contributed by atoms with Crippen LogP contribution >= 0.6 is 23.1 Å². The molecule has 1 aromatic carbocycles. The van der Waals surface area contributed by atoms with Crippen LogP contribution in [-0.2, 0) is 11.2 Å². The minimum atomic E-state index is -0.0785. The van der Waals surface area contributed by atoms with Gasteiger partial charge in [-0.25, -0.2) is 4.98 Å². The van der Waals surface area contributed by atoms with E-state index in [-0.39, 0.29) is 5.91 Å². The Morgan fingerprint density at radius 3 is 2.78 bits per heavy atom. The molecule has 0 spiro atoms. The number of rotatable bonds is 7. The Morgan fingerprint density at radius 1 is 1.30 bits per heavy atom. The van der Waals surface area contributed by atoms with Gasteiger partial charge in [0.15, 0.2) is 10.3 Å². The van der Waals surface area contributed by atoms with Crippen molar-refractivity contribution in [3.63, 3.8) is 0 Å². The number of nitrogens with one attached hydrogen (secondary N) is 1. The third-order valence-electron chi connectivity index (χ3n) is 4.49. The van der Waals surface area contributed by atoms with Gasteiger partial charge < -0.3 is 9.88 Å². The largest absolute Gasteiger partial charge is 0.303 e. The van der Waals surface area contributed by atoms with Crippen LogP contribution in [0.3, 0.4) is 0 Å². The van der Waals surface area contributed by atoms with Gasteiger partial charge >= 0.3 is 0 Å². The van der Waals surface area contributed by atoms with Crippen molar-refractivity contribution < 1.29 is 4.79 Å². The van der Waals surface area contributed by atoms with Gasteiger partial charge in [-0.15, -0.1) is 21.5 Å². The normalized spacial score (nSPS) is 13.7. The van der Waals surface area contributed by atoms with E-state index < -0.39 is 0 Å². The number of carbonyl (C=O) groups excluding carboxylic acids is 1. The van der Waals surface area contributed by atoms with E-state index in [1.165, 1.54) is 41.5 Å². The highest BCUT2D eigenvalue weighted by molar-refractivity contribution is 7.99. The van der Waals surface area contributed by atoms with E-state index in [0.717, 1.165) is 28.7 Å². The summed E-state index contributed by atoms with van der Waals surface area (Å²) in [6.07, 6.45) is 3.35. The lowest BCUT2D eigenvalue weighted by Crippen LogP contribution is -2.14. The molecule has 4 rings (SSSR count). The minimum absolute atomic E-state index is 0.0785. The Morgan fingerprint density at radius 2 is 2.07 bits per heavy atom. The van der Waals surface area contributed by atoms with Crippen LogP contribution in [0.5, 0.6) is 0 Å². The van der Waals surface area contributed by atoms with Crippen LogP contribution in [0.4, 0.5) is 5.13 Å². The predicted molar refractivity (Wildman–Crippen MR) is 109 cm³/mol. The van der Waals surface area contributed by atoms with E-state index in [9.17, 15) is 4.79 Å². The van der Waals surface area contributed by atoms with Crippen molar-refractivity contribution in [2.75, 3.05) is 11.1 Å². The van der Waals surface area contributed by atoms with Crippen LogP contribution < -0.4 is 5.32 Å². The van der Waals surface area contributed by atoms with Crippen molar-refractivity contribution in [2.45, 2.75) is 44.3 Å². The summed E-state index contributed by atoms with van der Waals surface area (Å²) in [5.41, 5.74) is 3.25. The van der Waals surface area contributed by atoms with Gasteiger partial charge in [0.2, 0.25) is 5.91 Å². The quantitative estimate of drug-likeness (QED) is 0.599. The monoisotopic (exact) mass is 399 g/mol. The summed E-state index contributed by atoms with van der Waals surface area (Å²) in [7, 11) is 0. The highest BCUT2D eigenvalue weighted by atomic mass is 32.2. The summed E-state index contributed by atoms with van der Waals surface area (Å²) in [6, 6.07) is 8.87. The lowest BCUT2D eigenvalue weighted by Gasteiger charge is -2.06. The van der Waals surface area contributed by atoms with E-state index >= 15 is 0 Å². The fourth-order valence-corrected chi connectivity index (χ4v) is 4.45. The number of benzene rings is 1. The molecule has 0 atom stereocenters. The number of nitrogens with zero attached hydrogens (tertiary/aromatic N) is 4. The molecule has 1 amide bonds. The van der Waals surface area contributed by atoms with Crippen molar-refractivity contribution in [1.29, 1.82) is 0 Å². The third kappa shape index (κ3) is 4.22. The second-order valence-corrected chi connectivity index (χ2v) is 8.36. The lowest BCUT2D eigenvalue weighted by molar-refractivity contribution is -0.113. The maximum Gasteiger partial charge on any atom is 0.236 e. The number of thioether (sulfide) groups is 1. The molecule has 0 aliphatic heterocycles. The Kier molecular flexibility index (Phi) is 5.27. The van der Waals surface area contributed by atoms with Crippen LogP contribution in [-0.4, -0.2) is 31.4 Å². The van der Waals surface area contributed by atoms with Crippen molar-refractivity contribution >= 4 is 34.1 Å².